The van der Waals surface area contributed by atoms with Crippen LogP contribution < -0.4 is 0 Å². The maximum absolute atomic E-state index is 12.5. The molecule has 2 aliphatic rings. The standard InChI is InChI=1S/C15H20N4O3/c16-7-11-6-12(17-8-11)15(21)19-3-1-2-18(4-5-19)13-9-22-10-14(13)20/h6,8,13-14,17,20H,1-5,9-10H2/t13-,14-/m0/s1. The lowest BCUT2D eigenvalue weighted by atomic mass is 10.2. The fraction of sp³-hybridized carbons (Fsp3) is 0.600. The van der Waals surface area contributed by atoms with Gasteiger partial charge in [-0.05, 0) is 12.5 Å². The number of H-pyrrole nitrogens is 1. The summed E-state index contributed by atoms with van der Waals surface area (Å²) in [5.74, 6) is -0.0772. The number of aromatic nitrogens is 1. The quantitative estimate of drug-likeness (QED) is 0.789. The van der Waals surface area contributed by atoms with Crippen LogP contribution >= 0.6 is 0 Å². The number of amides is 1. The van der Waals surface area contributed by atoms with E-state index in [4.69, 9.17) is 10.00 Å². The maximum Gasteiger partial charge on any atom is 0.270 e. The van der Waals surface area contributed by atoms with Gasteiger partial charge in [0.15, 0.2) is 0 Å². The molecule has 0 radical (unpaired) electrons. The molecule has 2 N–H and O–H groups in total. The molecule has 0 aliphatic carbocycles. The third-order valence-electron chi connectivity index (χ3n) is 4.35. The van der Waals surface area contributed by atoms with E-state index in [-0.39, 0.29) is 11.9 Å². The average Bonchev–Trinajstić information content (AvgIpc) is 3.10. The summed E-state index contributed by atoms with van der Waals surface area (Å²) in [4.78, 5) is 19.3. The molecule has 0 bridgehead atoms. The van der Waals surface area contributed by atoms with Crippen molar-refractivity contribution >= 4 is 5.91 Å². The van der Waals surface area contributed by atoms with E-state index in [0.29, 0.717) is 37.6 Å². The average molecular weight is 304 g/mol. The predicted octanol–water partition coefficient (Wildman–Crippen LogP) is -0.206. The second-order valence-electron chi connectivity index (χ2n) is 5.77. The lowest BCUT2D eigenvalue weighted by molar-refractivity contribution is 0.0721. The van der Waals surface area contributed by atoms with Crippen LogP contribution in [0.3, 0.4) is 0 Å². The van der Waals surface area contributed by atoms with Crippen LogP contribution in [0.15, 0.2) is 12.3 Å². The number of rotatable bonds is 2. The highest BCUT2D eigenvalue weighted by molar-refractivity contribution is 5.92. The molecule has 1 aromatic rings. The van der Waals surface area contributed by atoms with Gasteiger partial charge < -0.3 is 19.7 Å². The van der Waals surface area contributed by atoms with Crippen molar-refractivity contribution in [3.05, 3.63) is 23.5 Å². The Morgan fingerprint density at radius 3 is 2.91 bits per heavy atom. The van der Waals surface area contributed by atoms with Crippen molar-refractivity contribution in [3.8, 4) is 6.07 Å². The largest absolute Gasteiger partial charge is 0.389 e. The van der Waals surface area contributed by atoms with E-state index < -0.39 is 6.10 Å². The van der Waals surface area contributed by atoms with Crippen LogP contribution in [0.2, 0.25) is 0 Å². The van der Waals surface area contributed by atoms with Crippen LogP contribution in [0.5, 0.6) is 0 Å². The molecule has 1 aromatic heterocycles. The smallest absolute Gasteiger partial charge is 0.270 e. The zero-order valence-electron chi connectivity index (χ0n) is 12.4. The molecule has 7 nitrogen and oxygen atoms in total. The number of nitriles is 1. The Morgan fingerprint density at radius 2 is 2.23 bits per heavy atom. The number of ether oxygens (including phenoxy) is 1. The number of carbonyl (C=O) groups is 1. The molecule has 0 spiro atoms. The molecule has 3 heterocycles. The van der Waals surface area contributed by atoms with Gasteiger partial charge in [0.1, 0.15) is 11.8 Å². The third kappa shape index (κ3) is 2.99. The molecule has 0 aromatic carbocycles. The normalized spacial score (nSPS) is 26.6. The number of carbonyl (C=O) groups excluding carboxylic acids is 1. The van der Waals surface area contributed by atoms with Crippen molar-refractivity contribution < 1.29 is 14.6 Å². The fourth-order valence-corrected chi connectivity index (χ4v) is 3.11. The first-order valence-electron chi connectivity index (χ1n) is 7.56. The third-order valence-corrected chi connectivity index (χ3v) is 4.35. The first kappa shape index (κ1) is 15.0. The zero-order valence-corrected chi connectivity index (χ0v) is 12.4. The Balaban J connectivity index is 1.62. The van der Waals surface area contributed by atoms with Crippen LogP contribution in [0.25, 0.3) is 0 Å². The number of aliphatic hydroxyl groups is 1. The van der Waals surface area contributed by atoms with Crippen LogP contribution in [0.4, 0.5) is 0 Å². The van der Waals surface area contributed by atoms with E-state index in [1.54, 1.807) is 17.2 Å². The highest BCUT2D eigenvalue weighted by atomic mass is 16.5. The Bertz CT molecular complexity index is 580. The first-order chi connectivity index (χ1) is 10.7. The molecule has 3 rings (SSSR count). The Labute approximate surface area is 129 Å². The lowest BCUT2D eigenvalue weighted by Crippen LogP contribution is -2.45. The van der Waals surface area contributed by atoms with Gasteiger partial charge in [-0.1, -0.05) is 0 Å². The molecule has 118 valence electrons. The summed E-state index contributed by atoms with van der Waals surface area (Å²) in [5.41, 5.74) is 0.917. The molecular weight excluding hydrogens is 284 g/mol. The van der Waals surface area contributed by atoms with Gasteiger partial charge in [-0.15, -0.1) is 0 Å². The van der Waals surface area contributed by atoms with Crippen molar-refractivity contribution in [2.24, 2.45) is 0 Å². The maximum atomic E-state index is 12.5. The topological polar surface area (TPSA) is 92.6 Å². The van der Waals surface area contributed by atoms with Crippen molar-refractivity contribution in [1.82, 2.24) is 14.8 Å². The van der Waals surface area contributed by atoms with Crippen molar-refractivity contribution in [2.75, 3.05) is 39.4 Å². The fourth-order valence-electron chi connectivity index (χ4n) is 3.11. The van der Waals surface area contributed by atoms with E-state index in [9.17, 15) is 9.90 Å². The summed E-state index contributed by atoms with van der Waals surface area (Å²) in [6.07, 6.45) is 1.97. The van der Waals surface area contributed by atoms with Crippen LogP contribution in [-0.4, -0.2) is 77.3 Å². The number of hydrogen-bond donors (Lipinski definition) is 2. The predicted molar refractivity (Wildman–Crippen MR) is 78.2 cm³/mol. The second kappa shape index (κ2) is 6.48. The summed E-state index contributed by atoms with van der Waals surface area (Å²) >= 11 is 0. The van der Waals surface area contributed by atoms with Gasteiger partial charge in [-0.2, -0.15) is 5.26 Å². The Hall–Kier alpha value is -1.88. The molecule has 22 heavy (non-hydrogen) atoms. The van der Waals surface area contributed by atoms with Gasteiger partial charge in [0, 0.05) is 32.4 Å². The van der Waals surface area contributed by atoms with Crippen LogP contribution in [-0.2, 0) is 4.74 Å². The van der Waals surface area contributed by atoms with Gasteiger partial charge in [0.25, 0.3) is 5.91 Å². The molecule has 0 saturated carbocycles. The van der Waals surface area contributed by atoms with E-state index in [0.717, 1.165) is 19.5 Å². The van der Waals surface area contributed by atoms with Gasteiger partial charge in [0.05, 0.1) is 30.9 Å². The molecule has 2 aliphatic heterocycles. The Kier molecular flexibility index (Phi) is 4.43. The Morgan fingerprint density at radius 1 is 1.36 bits per heavy atom. The molecule has 2 fully saturated rings. The second-order valence-corrected chi connectivity index (χ2v) is 5.77. The SMILES string of the molecule is N#Cc1c[nH]c(C(=O)N2CCCN([C@H]3COC[C@@H]3O)CC2)c1. The number of nitrogens with zero attached hydrogens (tertiary/aromatic N) is 3. The molecule has 7 heteroatoms. The molecule has 2 saturated heterocycles. The minimum atomic E-state index is -0.441. The summed E-state index contributed by atoms with van der Waals surface area (Å²) in [6, 6.07) is 3.63. The van der Waals surface area contributed by atoms with E-state index in [1.807, 2.05) is 6.07 Å². The number of hydrogen-bond acceptors (Lipinski definition) is 5. The van der Waals surface area contributed by atoms with Crippen molar-refractivity contribution in [1.29, 1.82) is 5.26 Å². The van der Waals surface area contributed by atoms with Crippen molar-refractivity contribution in [2.45, 2.75) is 18.6 Å². The minimum Gasteiger partial charge on any atom is -0.389 e. The van der Waals surface area contributed by atoms with Gasteiger partial charge >= 0.3 is 0 Å². The zero-order chi connectivity index (χ0) is 15.5. The summed E-state index contributed by atoms with van der Waals surface area (Å²) < 4.78 is 5.31. The van der Waals surface area contributed by atoms with Gasteiger partial charge in [-0.25, -0.2) is 0 Å². The van der Waals surface area contributed by atoms with E-state index in [2.05, 4.69) is 9.88 Å². The molecule has 0 unspecified atom stereocenters. The summed E-state index contributed by atoms with van der Waals surface area (Å²) in [6.45, 7) is 3.81. The number of aromatic amines is 1. The van der Waals surface area contributed by atoms with E-state index in [1.165, 1.54) is 0 Å². The van der Waals surface area contributed by atoms with Crippen molar-refractivity contribution in [3.63, 3.8) is 0 Å². The summed E-state index contributed by atoms with van der Waals surface area (Å²) in [5, 5.41) is 18.8. The molecule has 1 amide bonds. The van der Waals surface area contributed by atoms with Gasteiger partial charge in [0.2, 0.25) is 0 Å². The first-order valence-corrected chi connectivity index (χ1v) is 7.56. The van der Waals surface area contributed by atoms with E-state index >= 15 is 0 Å². The molecule has 2 atom stereocenters. The highest BCUT2D eigenvalue weighted by Gasteiger charge is 2.33. The highest BCUT2D eigenvalue weighted by Crippen LogP contribution is 2.17. The van der Waals surface area contributed by atoms with Gasteiger partial charge in [-0.3, -0.25) is 9.69 Å². The lowest BCUT2D eigenvalue weighted by Gasteiger charge is -2.28. The molecular formula is C15H20N4O3. The number of aliphatic hydroxyl groups excluding tert-OH is 1. The number of nitrogens with one attached hydrogen (secondary N) is 1. The van der Waals surface area contributed by atoms with Crippen LogP contribution in [0.1, 0.15) is 22.5 Å². The minimum absolute atomic E-state index is 0.0331. The summed E-state index contributed by atoms with van der Waals surface area (Å²) in [7, 11) is 0. The monoisotopic (exact) mass is 304 g/mol. The van der Waals surface area contributed by atoms with Crippen LogP contribution in [0, 0.1) is 11.3 Å².